The first-order valence-electron chi connectivity index (χ1n) is 11.2. The third kappa shape index (κ3) is 6.75. The number of hydrogen-bond acceptors (Lipinski definition) is 5. The first-order chi connectivity index (χ1) is 16.4. The van der Waals surface area contributed by atoms with E-state index in [1.54, 1.807) is 13.8 Å². The molecule has 0 saturated heterocycles. The molecule has 0 aliphatic heterocycles. The van der Waals surface area contributed by atoms with E-state index in [0.717, 1.165) is 16.7 Å². The van der Waals surface area contributed by atoms with Gasteiger partial charge in [0.2, 0.25) is 0 Å². The minimum Gasteiger partial charge on any atom is -0.477 e. The van der Waals surface area contributed by atoms with E-state index in [2.05, 4.69) is 10.3 Å². The van der Waals surface area contributed by atoms with Crippen LogP contribution in [0.15, 0.2) is 72.9 Å². The van der Waals surface area contributed by atoms with Crippen molar-refractivity contribution in [2.45, 2.75) is 32.7 Å². The van der Waals surface area contributed by atoms with Crippen LogP contribution in [0.1, 0.15) is 46.7 Å². The van der Waals surface area contributed by atoms with Crippen LogP contribution < -0.4 is 5.32 Å². The lowest BCUT2D eigenvalue weighted by Gasteiger charge is -2.22. The van der Waals surface area contributed by atoms with Gasteiger partial charge in [0, 0.05) is 17.8 Å². The number of carbonyl (C=O) groups excluding carboxylic acids is 2. The van der Waals surface area contributed by atoms with Crippen molar-refractivity contribution in [3.8, 4) is 11.1 Å². The maximum absolute atomic E-state index is 12.9. The highest BCUT2D eigenvalue weighted by Crippen LogP contribution is 2.21. The second kappa shape index (κ2) is 11.7. The van der Waals surface area contributed by atoms with Gasteiger partial charge in [-0.3, -0.25) is 9.59 Å². The zero-order chi connectivity index (χ0) is 24.5. The predicted molar refractivity (Wildman–Crippen MR) is 128 cm³/mol. The number of amides is 1. The molecule has 0 bridgehead atoms. The molecule has 0 aliphatic rings. The second-order valence-electron chi connectivity index (χ2n) is 8.06. The first kappa shape index (κ1) is 24.6. The Morgan fingerprint density at radius 3 is 2.32 bits per heavy atom. The van der Waals surface area contributed by atoms with Gasteiger partial charge in [-0.25, -0.2) is 9.78 Å². The van der Waals surface area contributed by atoms with Crippen LogP contribution in [0, 0.1) is 5.92 Å². The molecule has 0 spiro atoms. The zero-order valence-electron chi connectivity index (χ0n) is 19.2. The monoisotopic (exact) mass is 460 g/mol. The van der Waals surface area contributed by atoms with Gasteiger partial charge >= 0.3 is 11.9 Å². The van der Waals surface area contributed by atoms with Crippen LogP contribution in [0.2, 0.25) is 0 Å². The number of ether oxygens (including phenoxy) is 1. The number of rotatable bonds is 10. The molecule has 2 N–H and O–H groups in total. The fourth-order valence-corrected chi connectivity index (χ4v) is 3.71. The van der Waals surface area contributed by atoms with Crippen molar-refractivity contribution in [1.82, 2.24) is 10.3 Å². The third-order valence-corrected chi connectivity index (χ3v) is 5.45. The average Bonchev–Trinajstić information content (AvgIpc) is 2.85. The number of carbonyl (C=O) groups is 3. The average molecular weight is 461 g/mol. The molecule has 176 valence electrons. The fourth-order valence-electron chi connectivity index (χ4n) is 3.71. The molecular weight excluding hydrogens is 432 g/mol. The summed E-state index contributed by atoms with van der Waals surface area (Å²) in [5.74, 6) is -2.37. The van der Waals surface area contributed by atoms with Gasteiger partial charge < -0.3 is 15.2 Å². The van der Waals surface area contributed by atoms with Crippen molar-refractivity contribution in [1.29, 1.82) is 0 Å². The van der Waals surface area contributed by atoms with Gasteiger partial charge in [0.15, 0.2) is 0 Å². The van der Waals surface area contributed by atoms with Crippen LogP contribution in [-0.4, -0.2) is 40.6 Å². The van der Waals surface area contributed by atoms with Gasteiger partial charge in [0.25, 0.3) is 5.91 Å². The molecule has 7 heteroatoms. The summed E-state index contributed by atoms with van der Waals surface area (Å²) in [7, 11) is 0. The molecule has 7 nitrogen and oxygen atoms in total. The van der Waals surface area contributed by atoms with Gasteiger partial charge in [-0.2, -0.15) is 0 Å². The molecular formula is C27H28N2O5. The largest absolute Gasteiger partial charge is 0.477 e. The molecule has 1 heterocycles. The molecule has 0 aliphatic carbocycles. The van der Waals surface area contributed by atoms with Gasteiger partial charge in [0.1, 0.15) is 5.69 Å². The molecule has 2 aromatic carbocycles. The number of aromatic carboxylic acids is 1. The number of hydrogen-bond donors (Lipinski definition) is 2. The Hall–Kier alpha value is -4.00. The van der Waals surface area contributed by atoms with Crippen molar-refractivity contribution < 1.29 is 24.2 Å². The SMILES string of the molecule is CCOC(=O)[C@H](C)CC(Cc1ccc(-c2ccccc2)cc1)NC(=O)c1ccnc(C(=O)O)c1. The van der Waals surface area contributed by atoms with Crippen LogP contribution >= 0.6 is 0 Å². The maximum Gasteiger partial charge on any atom is 0.354 e. The van der Waals surface area contributed by atoms with Crippen LogP contribution in [0.25, 0.3) is 11.1 Å². The summed E-state index contributed by atoms with van der Waals surface area (Å²) < 4.78 is 5.13. The Morgan fingerprint density at radius 1 is 1.00 bits per heavy atom. The zero-order valence-corrected chi connectivity index (χ0v) is 19.2. The van der Waals surface area contributed by atoms with Crippen LogP contribution in [0.3, 0.4) is 0 Å². The molecule has 1 amide bonds. The normalized spacial score (nSPS) is 12.4. The topological polar surface area (TPSA) is 106 Å². The number of aromatic nitrogens is 1. The molecule has 0 fully saturated rings. The van der Waals surface area contributed by atoms with E-state index >= 15 is 0 Å². The van der Waals surface area contributed by atoms with Gasteiger partial charge in [-0.1, -0.05) is 61.5 Å². The molecule has 3 rings (SSSR count). The molecule has 1 unspecified atom stereocenters. The Bertz CT molecular complexity index is 1130. The number of carboxylic acids is 1. The summed E-state index contributed by atoms with van der Waals surface area (Å²) in [6.45, 7) is 3.81. The molecule has 2 atom stereocenters. The Balaban J connectivity index is 1.77. The number of esters is 1. The van der Waals surface area contributed by atoms with Gasteiger partial charge in [-0.05, 0) is 48.6 Å². The van der Waals surface area contributed by atoms with E-state index in [1.807, 2.05) is 54.6 Å². The number of pyridine rings is 1. The highest BCUT2D eigenvalue weighted by atomic mass is 16.5. The Morgan fingerprint density at radius 2 is 1.68 bits per heavy atom. The van der Waals surface area contributed by atoms with Crippen LogP contribution in [0.4, 0.5) is 0 Å². The number of nitrogens with zero attached hydrogens (tertiary/aromatic N) is 1. The molecule has 3 aromatic rings. The minimum atomic E-state index is -1.21. The summed E-state index contributed by atoms with van der Waals surface area (Å²) in [4.78, 5) is 40.0. The van der Waals surface area contributed by atoms with E-state index in [4.69, 9.17) is 9.84 Å². The summed E-state index contributed by atoms with van der Waals surface area (Å²) in [6, 6.07) is 20.4. The predicted octanol–water partition coefficient (Wildman–Crippen LogP) is 4.38. The van der Waals surface area contributed by atoms with Crippen LogP contribution in [-0.2, 0) is 16.0 Å². The fraction of sp³-hybridized carbons (Fsp3) is 0.259. The quantitative estimate of drug-likeness (QED) is 0.435. The van der Waals surface area contributed by atoms with Crippen molar-refractivity contribution in [3.05, 3.63) is 89.7 Å². The second-order valence-corrected chi connectivity index (χ2v) is 8.06. The van der Waals surface area contributed by atoms with E-state index in [9.17, 15) is 14.4 Å². The van der Waals surface area contributed by atoms with E-state index in [1.165, 1.54) is 18.3 Å². The van der Waals surface area contributed by atoms with Crippen LogP contribution in [0.5, 0.6) is 0 Å². The first-order valence-corrected chi connectivity index (χ1v) is 11.2. The smallest absolute Gasteiger partial charge is 0.354 e. The summed E-state index contributed by atoms with van der Waals surface area (Å²) >= 11 is 0. The van der Waals surface area contributed by atoms with Crippen molar-refractivity contribution in [3.63, 3.8) is 0 Å². The highest BCUT2D eigenvalue weighted by Gasteiger charge is 2.23. The maximum atomic E-state index is 12.9. The molecule has 0 radical (unpaired) electrons. The third-order valence-electron chi connectivity index (χ3n) is 5.45. The minimum absolute atomic E-state index is 0.195. The summed E-state index contributed by atoms with van der Waals surface area (Å²) in [6.07, 6.45) is 2.17. The van der Waals surface area contributed by atoms with Crippen molar-refractivity contribution in [2.75, 3.05) is 6.61 Å². The lowest BCUT2D eigenvalue weighted by Crippen LogP contribution is -2.39. The lowest BCUT2D eigenvalue weighted by molar-refractivity contribution is -0.147. The van der Waals surface area contributed by atoms with E-state index < -0.39 is 17.8 Å². The van der Waals surface area contributed by atoms with Crippen molar-refractivity contribution in [2.24, 2.45) is 5.92 Å². The Labute approximate surface area is 198 Å². The van der Waals surface area contributed by atoms with Gasteiger partial charge in [0.05, 0.1) is 12.5 Å². The summed E-state index contributed by atoms with van der Waals surface area (Å²) in [5, 5.41) is 12.1. The van der Waals surface area contributed by atoms with E-state index in [0.29, 0.717) is 12.8 Å². The summed E-state index contributed by atoms with van der Waals surface area (Å²) in [5.41, 5.74) is 3.19. The molecule has 0 saturated carbocycles. The standard InChI is InChI=1S/C27H28N2O5/c1-3-34-27(33)18(2)15-23(29-25(30)22-13-14-28-24(17-22)26(31)32)16-19-9-11-21(12-10-19)20-7-5-4-6-8-20/h4-14,17-18,23H,3,15-16H2,1-2H3,(H,29,30)(H,31,32)/t18-,23?/m1/s1. The lowest BCUT2D eigenvalue weighted by atomic mass is 9.94. The van der Waals surface area contributed by atoms with E-state index in [-0.39, 0.29) is 29.9 Å². The number of benzene rings is 2. The Kier molecular flexibility index (Phi) is 8.51. The van der Waals surface area contributed by atoms with Crippen molar-refractivity contribution >= 4 is 17.8 Å². The highest BCUT2D eigenvalue weighted by molar-refractivity contribution is 5.96. The molecule has 1 aromatic heterocycles. The number of nitrogens with one attached hydrogen (secondary N) is 1. The van der Waals surface area contributed by atoms with Gasteiger partial charge in [-0.15, -0.1) is 0 Å². The molecule has 34 heavy (non-hydrogen) atoms. The number of carboxylic acid groups (broad SMARTS) is 1.